The summed E-state index contributed by atoms with van der Waals surface area (Å²) in [7, 11) is 0. The zero-order valence-electron chi connectivity index (χ0n) is 13.0. The van der Waals surface area contributed by atoms with Crippen LogP contribution < -0.4 is 5.14 Å². The maximum absolute atomic E-state index is 5.59. The summed E-state index contributed by atoms with van der Waals surface area (Å²) < 4.78 is 0. The summed E-state index contributed by atoms with van der Waals surface area (Å²) >= 11 is 1.32. The van der Waals surface area contributed by atoms with E-state index < -0.39 is 0 Å². The summed E-state index contributed by atoms with van der Waals surface area (Å²) in [5.41, 5.74) is 1.35. The Morgan fingerprint density at radius 1 is 1.00 bits per heavy atom. The van der Waals surface area contributed by atoms with Gasteiger partial charge in [0.25, 0.3) is 0 Å². The van der Waals surface area contributed by atoms with E-state index in [9.17, 15) is 0 Å². The van der Waals surface area contributed by atoms with Gasteiger partial charge >= 0.3 is 0 Å². The number of nitrogens with two attached hydrogens (primary N) is 1. The highest BCUT2D eigenvalue weighted by atomic mass is 32.2. The van der Waals surface area contributed by atoms with Crippen molar-refractivity contribution in [1.82, 2.24) is 0 Å². The quantitative estimate of drug-likeness (QED) is 0.247. The number of unbranched alkanes of at least 4 members (excludes halogenated alkanes) is 6. The van der Waals surface area contributed by atoms with Crippen LogP contribution in [0.15, 0.2) is 23.6 Å². The molecule has 19 heavy (non-hydrogen) atoms. The summed E-state index contributed by atoms with van der Waals surface area (Å²) in [6.07, 6.45) is 15.3. The van der Waals surface area contributed by atoms with Crippen LogP contribution in [0.3, 0.4) is 0 Å². The summed E-state index contributed by atoms with van der Waals surface area (Å²) in [6.45, 7) is 8.48. The summed E-state index contributed by atoms with van der Waals surface area (Å²) in [6, 6.07) is 0. The summed E-state index contributed by atoms with van der Waals surface area (Å²) in [5, 5.41) is 7.67. The first-order chi connectivity index (χ1) is 9.29. The molecule has 112 valence electrons. The van der Waals surface area contributed by atoms with E-state index in [1.165, 1.54) is 81.7 Å². The second kappa shape index (κ2) is 14.2. The lowest BCUT2D eigenvalue weighted by molar-refractivity contribution is 0.461. The fourth-order valence-electron chi connectivity index (χ4n) is 2.50. The van der Waals surface area contributed by atoms with Crippen LogP contribution in [0.5, 0.6) is 0 Å². The Hall–Kier alpha value is -0.210. The molecular formula is C17H33NS. The first-order valence-corrected chi connectivity index (χ1v) is 8.92. The zero-order valence-corrected chi connectivity index (χ0v) is 13.8. The van der Waals surface area contributed by atoms with E-state index in [1.54, 1.807) is 0 Å². The molecule has 0 saturated heterocycles. The number of allylic oxidation sites excluding steroid dienone is 2. The van der Waals surface area contributed by atoms with Crippen molar-refractivity contribution in [3.8, 4) is 0 Å². The van der Waals surface area contributed by atoms with Crippen LogP contribution in [-0.4, -0.2) is 0 Å². The molecule has 0 aromatic rings. The lowest BCUT2D eigenvalue weighted by Gasteiger charge is -2.18. The molecule has 0 saturated carbocycles. The van der Waals surface area contributed by atoms with Crippen molar-refractivity contribution in [2.75, 3.05) is 0 Å². The minimum absolute atomic E-state index is 0.669. The van der Waals surface area contributed by atoms with E-state index in [4.69, 9.17) is 5.14 Å². The Labute approximate surface area is 125 Å². The first kappa shape index (κ1) is 18.8. The van der Waals surface area contributed by atoms with Gasteiger partial charge in [0.05, 0.1) is 0 Å². The average Bonchev–Trinajstić information content (AvgIpc) is 2.43. The maximum atomic E-state index is 5.59. The minimum atomic E-state index is 0.669. The highest BCUT2D eigenvalue weighted by Crippen LogP contribution is 2.27. The second-order valence-corrected chi connectivity index (χ2v) is 5.86. The molecule has 0 aliphatic heterocycles. The Kier molecular flexibility index (Phi) is 14.0. The third-order valence-electron chi connectivity index (χ3n) is 3.72. The van der Waals surface area contributed by atoms with Gasteiger partial charge in [-0.3, -0.25) is 5.14 Å². The van der Waals surface area contributed by atoms with Crippen molar-refractivity contribution in [3.63, 3.8) is 0 Å². The van der Waals surface area contributed by atoms with Crippen LogP contribution in [0.1, 0.15) is 78.1 Å². The Balaban J connectivity index is 4.20. The van der Waals surface area contributed by atoms with Gasteiger partial charge < -0.3 is 0 Å². The Morgan fingerprint density at radius 2 is 1.53 bits per heavy atom. The van der Waals surface area contributed by atoms with E-state index >= 15 is 0 Å². The van der Waals surface area contributed by atoms with Crippen LogP contribution in [0, 0.1) is 5.92 Å². The molecule has 0 fully saturated rings. The molecule has 2 heteroatoms. The van der Waals surface area contributed by atoms with Gasteiger partial charge in [0.1, 0.15) is 0 Å². The van der Waals surface area contributed by atoms with Crippen molar-refractivity contribution >= 4 is 11.9 Å². The molecule has 0 unspecified atom stereocenters. The third kappa shape index (κ3) is 10.3. The van der Waals surface area contributed by atoms with Crippen LogP contribution in [0.2, 0.25) is 0 Å². The number of hydrogen-bond acceptors (Lipinski definition) is 2. The molecule has 0 atom stereocenters. The van der Waals surface area contributed by atoms with Gasteiger partial charge in [-0.25, -0.2) is 0 Å². The van der Waals surface area contributed by atoms with E-state index in [0.717, 1.165) is 0 Å². The molecule has 2 N–H and O–H groups in total. The molecule has 0 aromatic carbocycles. The molecule has 0 aliphatic carbocycles. The van der Waals surface area contributed by atoms with E-state index in [0.29, 0.717) is 5.92 Å². The lowest BCUT2D eigenvalue weighted by atomic mass is 9.88. The lowest BCUT2D eigenvalue weighted by Crippen LogP contribution is -2.04. The zero-order chi connectivity index (χ0) is 14.3. The molecule has 0 rings (SSSR count). The molecule has 1 nitrogen and oxygen atoms in total. The highest BCUT2D eigenvalue weighted by molar-refractivity contribution is 8.00. The van der Waals surface area contributed by atoms with Gasteiger partial charge in [0, 0.05) is 0 Å². The number of rotatable bonds is 13. The fraction of sp³-hybridized carbons (Fsp3) is 0.765. The predicted molar refractivity (Wildman–Crippen MR) is 91.1 cm³/mol. The molecular weight excluding hydrogens is 250 g/mol. The van der Waals surface area contributed by atoms with Gasteiger partial charge in [-0.05, 0) is 29.7 Å². The van der Waals surface area contributed by atoms with E-state index in [2.05, 4.69) is 25.8 Å². The fourth-order valence-corrected chi connectivity index (χ4v) is 2.95. The standard InChI is InChI=1S/C17H33NS/c1-4-7-9-11-13-17(14-12-10-8-5-2)16(6-3)15-19-18/h6,15,17H,3-5,7-14,18H2,1-2H3/b16-15+. The van der Waals surface area contributed by atoms with Crippen molar-refractivity contribution in [1.29, 1.82) is 0 Å². The molecule has 0 aromatic heterocycles. The number of hydrogen-bond donors (Lipinski definition) is 1. The van der Waals surface area contributed by atoms with Crippen LogP contribution in [0.4, 0.5) is 0 Å². The van der Waals surface area contributed by atoms with E-state index in [-0.39, 0.29) is 0 Å². The summed E-state index contributed by atoms with van der Waals surface area (Å²) in [5.74, 6) is 0.669. The van der Waals surface area contributed by atoms with E-state index in [1.807, 2.05) is 6.08 Å². The molecule has 0 bridgehead atoms. The van der Waals surface area contributed by atoms with Gasteiger partial charge in [-0.15, -0.1) is 0 Å². The van der Waals surface area contributed by atoms with Gasteiger partial charge in [-0.2, -0.15) is 0 Å². The molecule has 0 aliphatic rings. The third-order valence-corrected chi connectivity index (χ3v) is 4.13. The Morgan fingerprint density at radius 3 is 1.89 bits per heavy atom. The molecule has 0 radical (unpaired) electrons. The maximum Gasteiger partial charge on any atom is -0.0104 e. The van der Waals surface area contributed by atoms with Crippen LogP contribution in [-0.2, 0) is 0 Å². The predicted octanol–water partition coefficient (Wildman–Crippen LogP) is 6.22. The molecule has 0 amide bonds. The van der Waals surface area contributed by atoms with Gasteiger partial charge in [-0.1, -0.05) is 89.8 Å². The van der Waals surface area contributed by atoms with Crippen molar-refractivity contribution in [2.45, 2.75) is 78.1 Å². The summed E-state index contributed by atoms with van der Waals surface area (Å²) in [4.78, 5) is 0. The average molecular weight is 284 g/mol. The van der Waals surface area contributed by atoms with Gasteiger partial charge in [0.15, 0.2) is 0 Å². The molecule has 0 spiro atoms. The first-order valence-electron chi connectivity index (χ1n) is 7.98. The minimum Gasteiger partial charge on any atom is -0.274 e. The highest BCUT2D eigenvalue weighted by Gasteiger charge is 2.11. The molecule has 0 heterocycles. The monoisotopic (exact) mass is 283 g/mol. The topological polar surface area (TPSA) is 26.0 Å². The Bertz CT molecular complexity index is 223. The van der Waals surface area contributed by atoms with Crippen molar-refractivity contribution in [2.24, 2.45) is 11.1 Å². The largest absolute Gasteiger partial charge is 0.274 e. The van der Waals surface area contributed by atoms with Gasteiger partial charge in [0.2, 0.25) is 0 Å². The normalized spacial score (nSPS) is 12.1. The van der Waals surface area contributed by atoms with Crippen LogP contribution in [0.25, 0.3) is 0 Å². The van der Waals surface area contributed by atoms with Crippen molar-refractivity contribution < 1.29 is 0 Å². The second-order valence-electron chi connectivity index (χ2n) is 5.35. The SMILES string of the molecule is C=C/C(=C\SN)C(CCCCCC)CCCCCC. The van der Waals surface area contributed by atoms with Crippen molar-refractivity contribution in [3.05, 3.63) is 23.6 Å². The van der Waals surface area contributed by atoms with Crippen LogP contribution >= 0.6 is 11.9 Å². The smallest absolute Gasteiger partial charge is 0.0104 e.